The maximum absolute atomic E-state index is 11.7. The first-order valence-corrected chi connectivity index (χ1v) is 7.12. The van der Waals surface area contributed by atoms with Gasteiger partial charge in [0.25, 0.3) is 0 Å². The van der Waals surface area contributed by atoms with E-state index in [0.717, 1.165) is 13.0 Å². The number of hydrogen-bond acceptors (Lipinski definition) is 3. The van der Waals surface area contributed by atoms with Crippen LogP contribution in [0.1, 0.15) is 32.8 Å². The Hall–Kier alpha value is -0.810. The lowest BCUT2D eigenvalue weighted by Gasteiger charge is -2.25. The van der Waals surface area contributed by atoms with Gasteiger partial charge >= 0.3 is 0 Å². The molecule has 3 N–H and O–H groups in total. The highest BCUT2D eigenvalue weighted by Gasteiger charge is 2.21. The average Bonchev–Trinajstić information content (AvgIpc) is 2.38. The zero-order valence-corrected chi connectivity index (χ0v) is 15.5. The van der Waals surface area contributed by atoms with Gasteiger partial charge in [-0.3, -0.25) is 9.69 Å². The highest BCUT2D eigenvalue weighted by Crippen LogP contribution is 2.08. The first kappa shape index (κ1) is 23.5. The normalized spacial score (nSPS) is 12.1. The van der Waals surface area contributed by atoms with E-state index in [9.17, 15) is 4.79 Å². The molecule has 0 saturated heterocycles. The van der Waals surface area contributed by atoms with Crippen LogP contribution in [-0.2, 0) is 11.3 Å². The highest BCUT2D eigenvalue weighted by atomic mass is 35.5. The fraction of sp³-hybridized carbons (Fsp3) is 0.562. The summed E-state index contributed by atoms with van der Waals surface area (Å²) in [6.45, 7) is 7.17. The maximum atomic E-state index is 11.7. The number of carbonyl (C=O) groups excluding carboxylic acids is 1. The Labute approximate surface area is 146 Å². The number of benzene rings is 1. The molecule has 0 fully saturated rings. The Morgan fingerprint density at radius 3 is 2.32 bits per heavy atom. The van der Waals surface area contributed by atoms with E-state index in [1.165, 1.54) is 5.56 Å². The number of rotatable bonds is 7. The summed E-state index contributed by atoms with van der Waals surface area (Å²) >= 11 is 0. The zero-order valence-electron chi connectivity index (χ0n) is 13.8. The summed E-state index contributed by atoms with van der Waals surface area (Å²) in [4.78, 5) is 13.9. The second-order valence-corrected chi connectivity index (χ2v) is 6.02. The minimum Gasteiger partial charge on any atom is -0.354 e. The summed E-state index contributed by atoms with van der Waals surface area (Å²) < 4.78 is 0. The molecule has 0 aliphatic carbocycles. The quantitative estimate of drug-likeness (QED) is 0.795. The predicted molar refractivity (Wildman–Crippen MR) is 97.8 cm³/mol. The fourth-order valence-corrected chi connectivity index (χ4v) is 1.87. The van der Waals surface area contributed by atoms with E-state index in [-0.39, 0.29) is 30.7 Å². The average molecular weight is 350 g/mol. The van der Waals surface area contributed by atoms with Crippen molar-refractivity contribution in [2.75, 3.05) is 13.6 Å². The molecule has 128 valence electrons. The van der Waals surface area contributed by atoms with Crippen molar-refractivity contribution in [2.24, 2.45) is 5.73 Å². The Morgan fingerprint density at radius 1 is 1.27 bits per heavy atom. The molecular weight excluding hydrogens is 321 g/mol. The van der Waals surface area contributed by atoms with Crippen LogP contribution >= 0.6 is 24.8 Å². The topological polar surface area (TPSA) is 58.4 Å². The summed E-state index contributed by atoms with van der Waals surface area (Å²) in [5.41, 5.74) is 6.23. The third-order valence-electron chi connectivity index (χ3n) is 3.46. The van der Waals surface area contributed by atoms with E-state index >= 15 is 0 Å². The summed E-state index contributed by atoms with van der Waals surface area (Å²) in [5, 5.41) is 2.88. The van der Waals surface area contributed by atoms with Crippen molar-refractivity contribution in [3.63, 3.8) is 0 Å². The van der Waals surface area contributed by atoms with Gasteiger partial charge in [0.05, 0.1) is 5.54 Å². The Balaban J connectivity index is 0. The van der Waals surface area contributed by atoms with Gasteiger partial charge in [0, 0.05) is 19.1 Å². The van der Waals surface area contributed by atoms with Gasteiger partial charge in [-0.2, -0.15) is 0 Å². The summed E-state index contributed by atoms with van der Waals surface area (Å²) in [7, 11) is 2.10. The SMILES string of the molecule is CC(CCNC(=O)C(C)(C)N)N(C)Cc1ccccc1.Cl.Cl. The molecule has 1 aromatic rings. The molecule has 0 heterocycles. The van der Waals surface area contributed by atoms with Gasteiger partial charge in [-0.25, -0.2) is 0 Å². The van der Waals surface area contributed by atoms with Gasteiger partial charge < -0.3 is 11.1 Å². The van der Waals surface area contributed by atoms with Crippen molar-refractivity contribution >= 4 is 30.7 Å². The van der Waals surface area contributed by atoms with E-state index in [2.05, 4.69) is 48.5 Å². The third kappa shape index (κ3) is 8.59. The molecule has 0 radical (unpaired) electrons. The van der Waals surface area contributed by atoms with Crippen molar-refractivity contribution in [2.45, 2.75) is 45.3 Å². The minimum atomic E-state index is -0.806. The van der Waals surface area contributed by atoms with Crippen molar-refractivity contribution in [1.29, 1.82) is 0 Å². The van der Waals surface area contributed by atoms with Crippen molar-refractivity contribution < 1.29 is 4.79 Å². The van der Waals surface area contributed by atoms with Crippen LogP contribution in [0.3, 0.4) is 0 Å². The Morgan fingerprint density at radius 2 is 1.82 bits per heavy atom. The van der Waals surface area contributed by atoms with E-state index in [0.29, 0.717) is 12.6 Å². The Kier molecular flexibility index (Phi) is 11.6. The minimum absolute atomic E-state index is 0. The summed E-state index contributed by atoms with van der Waals surface area (Å²) in [6.07, 6.45) is 0.908. The first-order chi connectivity index (χ1) is 9.30. The standard InChI is InChI=1S/C16H27N3O.2ClH/c1-13(10-11-18-15(20)16(2,3)17)19(4)12-14-8-6-5-7-9-14;;/h5-9,13H,10-12,17H2,1-4H3,(H,18,20);2*1H. The molecule has 6 heteroatoms. The second kappa shape index (κ2) is 10.8. The van der Waals surface area contributed by atoms with Crippen LogP contribution in [0.4, 0.5) is 0 Å². The molecule has 0 aliphatic rings. The zero-order chi connectivity index (χ0) is 15.2. The van der Waals surface area contributed by atoms with Gasteiger partial charge in [0.2, 0.25) is 5.91 Å². The van der Waals surface area contributed by atoms with Crippen LogP contribution in [0.5, 0.6) is 0 Å². The molecule has 0 bridgehead atoms. The van der Waals surface area contributed by atoms with Crippen LogP contribution in [0.15, 0.2) is 30.3 Å². The summed E-state index contributed by atoms with van der Waals surface area (Å²) in [5.74, 6) is -0.101. The largest absolute Gasteiger partial charge is 0.354 e. The lowest BCUT2D eigenvalue weighted by molar-refractivity contribution is -0.125. The molecule has 4 nitrogen and oxygen atoms in total. The lowest BCUT2D eigenvalue weighted by atomic mass is 10.1. The van der Waals surface area contributed by atoms with E-state index < -0.39 is 5.54 Å². The van der Waals surface area contributed by atoms with E-state index in [4.69, 9.17) is 5.73 Å². The molecular formula is C16H29Cl2N3O. The molecule has 1 rings (SSSR count). The number of halogens is 2. The molecule has 1 atom stereocenters. The number of carbonyl (C=O) groups is 1. The molecule has 0 saturated carbocycles. The number of amides is 1. The second-order valence-electron chi connectivity index (χ2n) is 6.02. The van der Waals surface area contributed by atoms with Crippen LogP contribution in [0.25, 0.3) is 0 Å². The smallest absolute Gasteiger partial charge is 0.239 e. The Bertz CT molecular complexity index is 421. The molecule has 22 heavy (non-hydrogen) atoms. The maximum Gasteiger partial charge on any atom is 0.239 e. The van der Waals surface area contributed by atoms with Gasteiger partial charge in [0.1, 0.15) is 0 Å². The van der Waals surface area contributed by atoms with Crippen LogP contribution in [0, 0.1) is 0 Å². The molecule has 0 aliphatic heterocycles. The molecule has 1 unspecified atom stereocenters. The number of nitrogens with zero attached hydrogens (tertiary/aromatic N) is 1. The third-order valence-corrected chi connectivity index (χ3v) is 3.46. The predicted octanol–water partition coefficient (Wildman–Crippen LogP) is 2.59. The highest BCUT2D eigenvalue weighted by molar-refractivity contribution is 5.85. The molecule has 1 amide bonds. The van der Waals surface area contributed by atoms with Crippen molar-refractivity contribution in [1.82, 2.24) is 10.2 Å². The van der Waals surface area contributed by atoms with E-state index in [1.807, 2.05) is 6.07 Å². The first-order valence-electron chi connectivity index (χ1n) is 7.12. The van der Waals surface area contributed by atoms with Gasteiger partial charge in [-0.15, -0.1) is 24.8 Å². The number of nitrogens with two attached hydrogens (primary N) is 1. The lowest BCUT2D eigenvalue weighted by Crippen LogP contribution is -2.49. The van der Waals surface area contributed by atoms with E-state index in [1.54, 1.807) is 13.8 Å². The van der Waals surface area contributed by atoms with Gasteiger partial charge in [0.15, 0.2) is 0 Å². The van der Waals surface area contributed by atoms with Crippen LogP contribution in [-0.4, -0.2) is 36.0 Å². The van der Waals surface area contributed by atoms with Crippen molar-refractivity contribution in [3.8, 4) is 0 Å². The number of hydrogen-bond donors (Lipinski definition) is 2. The molecule has 1 aromatic carbocycles. The van der Waals surface area contributed by atoms with Crippen molar-refractivity contribution in [3.05, 3.63) is 35.9 Å². The van der Waals surface area contributed by atoms with Gasteiger partial charge in [-0.1, -0.05) is 30.3 Å². The number of nitrogens with one attached hydrogen (secondary N) is 1. The molecule has 0 aromatic heterocycles. The van der Waals surface area contributed by atoms with Crippen LogP contribution < -0.4 is 11.1 Å². The molecule has 0 spiro atoms. The van der Waals surface area contributed by atoms with Gasteiger partial charge in [-0.05, 0) is 39.8 Å². The van der Waals surface area contributed by atoms with Crippen LogP contribution in [0.2, 0.25) is 0 Å². The summed E-state index contributed by atoms with van der Waals surface area (Å²) in [6, 6.07) is 10.8. The fourth-order valence-electron chi connectivity index (χ4n) is 1.87. The monoisotopic (exact) mass is 349 g/mol.